The number of hydrogen-bond acceptors (Lipinski definition) is 14. The maximum atomic E-state index is 10.4. The van der Waals surface area contributed by atoms with Crippen LogP contribution in [0.25, 0.3) is 0 Å². The summed E-state index contributed by atoms with van der Waals surface area (Å²) in [4.78, 5) is 59.8. The van der Waals surface area contributed by atoms with Crippen LogP contribution in [0.2, 0.25) is 0 Å². The Morgan fingerprint density at radius 3 is 1.29 bits per heavy atom. The molecule has 17 heteroatoms. The van der Waals surface area contributed by atoms with Gasteiger partial charge in [0.2, 0.25) is 6.23 Å². The molecule has 3 atom stereocenters. The highest BCUT2D eigenvalue weighted by molar-refractivity contribution is 5.74. The lowest BCUT2D eigenvalue weighted by Crippen LogP contribution is -2.49. The highest BCUT2D eigenvalue weighted by atomic mass is 16.6. The Bertz CT molecular complexity index is 463. The summed E-state index contributed by atoms with van der Waals surface area (Å²) >= 11 is 0. The van der Waals surface area contributed by atoms with Gasteiger partial charge in [-0.25, -0.2) is 14.4 Å². The van der Waals surface area contributed by atoms with Crippen molar-refractivity contribution in [2.75, 3.05) is 13.3 Å². The van der Waals surface area contributed by atoms with Gasteiger partial charge in [-0.1, -0.05) is 0 Å². The molecule has 0 bridgehead atoms. The fraction of sp³-hybridized carbons (Fsp3) is 0.455. The van der Waals surface area contributed by atoms with Gasteiger partial charge in [0.05, 0.1) is 6.67 Å². The largest absolute Gasteiger partial charge is 0.477 e. The summed E-state index contributed by atoms with van der Waals surface area (Å²) in [5.74, 6) is -4.30. The standard InChI is InChI=1S/C7H10N2O8.C3H5NO4.CH6N2/c10-2-16-4(6(12)13)8-1-9-5(7(14)15)17-3-11;4-2(3(6)7)8-1-5;2-1-3/h2-5,8-9H,1H2,(H,12,13)(H,14,15);1-2H,4H2,(H,6,7);1-3H2. The number of carbonyl (C=O) groups excluding carboxylic acids is 3. The zero-order valence-electron chi connectivity index (χ0n) is 14.1. The predicted molar refractivity (Wildman–Crippen MR) is 84.3 cm³/mol. The van der Waals surface area contributed by atoms with Crippen molar-refractivity contribution < 1.29 is 58.3 Å². The SMILES string of the molecule is NC(OC=O)C(=O)O.NCN.O=COC(NCNC(OC=O)C(=O)O)C(=O)O. The van der Waals surface area contributed by atoms with Gasteiger partial charge in [0.1, 0.15) is 0 Å². The molecule has 0 spiro atoms. The topological polar surface area (TPSA) is 293 Å². The first kappa shape index (κ1) is 29.4. The van der Waals surface area contributed by atoms with Crippen molar-refractivity contribution >= 4 is 37.3 Å². The molecular weight excluding hydrogens is 394 g/mol. The van der Waals surface area contributed by atoms with Crippen LogP contribution in [0.5, 0.6) is 0 Å². The second kappa shape index (κ2) is 19.9. The van der Waals surface area contributed by atoms with E-state index in [0.29, 0.717) is 0 Å². The number of nitrogens with one attached hydrogen (secondary N) is 2. The highest BCUT2D eigenvalue weighted by Crippen LogP contribution is 1.86. The minimum atomic E-state index is -1.63. The maximum Gasteiger partial charge on any atom is 0.360 e. The number of rotatable bonds is 13. The zero-order valence-corrected chi connectivity index (χ0v) is 14.1. The van der Waals surface area contributed by atoms with Crippen LogP contribution in [0, 0.1) is 0 Å². The molecule has 0 rings (SSSR count). The molecule has 0 fully saturated rings. The van der Waals surface area contributed by atoms with E-state index in [0.717, 1.165) is 0 Å². The lowest BCUT2D eigenvalue weighted by Gasteiger charge is -2.15. The monoisotopic (exact) mass is 415 g/mol. The van der Waals surface area contributed by atoms with Crippen molar-refractivity contribution in [3.8, 4) is 0 Å². The van der Waals surface area contributed by atoms with Gasteiger partial charge in [0.15, 0.2) is 0 Å². The molecule has 0 amide bonds. The van der Waals surface area contributed by atoms with Gasteiger partial charge in [-0.15, -0.1) is 0 Å². The quantitative estimate of drug-likeness (QED) is 0.0790. The second-order valence-electron chi connectivity index (χ2n) is 3.71. The molecule has 0 radical (unpaired) electrons. The highest BCUT2D eigenvalue weighted by Gasteiger charge is 2.21. The van der Waals surface area contributed by atoms with E-state index in [1.165, 1.54) is 0 Å². The van der Waals surface area contributed by atoms with Crippen LogP contribution < -0.4 is 27.8 Å². The number of carboxylic acids is 3. The summed E-state index contributed by atoms with van der Waals surface area (Å²) in [5, 5.41) is 29.2. The first-order valence-corrected chi connectivity index (χ1v) is 6.70. The third-order valence-corrected chi connectivity index (χ3v) is 1.85. The molecule has 0 aliphatic rings. The van der Waals surface area contributed by atoms with Crippen molar-refractivity contribution in [2.45, 2.75) is 18.7 Å². The van der Waals surface area contributed by atoms with Gasteiger partial charge in [-0.3, -0.25) is 30.8 Å². The first-order valence-electron chi connectivity index (χ1n) is 6.70. The molecule has 0 aliphatic heterocycles. The third-order valence-electron chi connectivity index (χ3n) is 1.85. The minimum Gasteiger partial charge on any atom is -0.477 e. The van der Waals surface area contributed by atoms with Crippen LogP contribution in [0.15, 0.2) is 0 Å². The van der Waals surface area contributed by atoms with Crippen LogP contribution in [0.1, 0.15) is 0 Å². The molecule has 0 saturated carbocycles. The lowest BCUT2D eigenvalue weighted by atomic mass is 10.5. The molecular formula is C11H21N5O12. The molecule has 0 saturated heterocycles. The number of ether oxygens (including phenoxy) is 3. The van der Waals surface area contributed by atoms with Crippen LogP contribution >= 0.6 is 0 Å². The van der Waals surface area contributed by atoms with E-state index in [1.54, 1.807) is 0 Å². The Morgan fingerprint density at radius 1 is 0.786 bits per heavy atom. The summed E-state index contributed by atoms with van der Waals surface area (Å²) < 4.78 is 12.0. The molecule has 0 aromatic rings. The molecule has 0 aliphatic carbocycles. The molecule has 3 unspecified atom stereocenters. The third kappa shape index (κ3) is 19.0. The molecule has 162 valence electrons. The van der Waals surface area contributed by atoms with Crippen molar-refractivity contribution in [1.82, 2.24) is 10.6 Å². The number of carbonyl (C=O) groups is 6. The van der Waals surface area contributed by atoms with Gasteiger partial charge < -0.3 is 41.0 Å². The first-order chi connectivity index (χ1) is 13.1. The average molecular weight is 415 g/mol. The van der Waals surface area contributed by atoms with Crippen LogP contribution in [0.4, 0.5) is 0 Å². The number of hydrogen-bond donors (Lipinski definition) is 8. The number of nitrogens with two attached hydrogens (primary N) is 3. The summed E-state index contributed by atoms with van der Waals surface area (Å²) in [6.45, 7) is -0.306. The van der Waals surface area contributed by atoms with E-state index in [-0.39, 0.29) is 32.8 Å². The van der Waals surface area contributed by atoms with Crippen LogP contribution in [0.3, 0.4) is 0 Å². The Labute approximate surface area is 156 Å². The van der Waals surface area contributed by atoms with E-state index in [4.69, 9.17) is 15.3 Å². The smallest absolute Gasteiger partial charge is 0.360 e. The maximum absolute atomic E-state index is 10.4. The zero-order chi connectivity index (χ0) is 22.5. The van der Waals surface area contributed by atoms with Crippen LogP contribution in [-0.4, -0.2) is 84.7 Å². The molecule has 17 nitrogen and oxygen atoms in total. The molecule has 0 heterocycles. The van der Waals surface area contributed by atoms with Gasteiger partial charge in [-0.05, 0) is 0 Å². The summed E-state index contributed by atoms with van der Waals surface area (Å²) in [5.41, 5.74) is 13.9. The van der Waals surface area contributed by atoms with Crippen molar-refractivity contribution in [1.29, 1.82) is 0 Å². The summed E-state index contributed by atoms with van der Waals surface area (Å²) in [6.07, 6.45) is -4.80. The summed E-state index contributed by atoms with van der Waals surface area (Å²) in [7, 11) is 0. The van der Waals surface area contributed by atoms with Crippen molar-refractivity contribution in [3.05, 3.63) is 0 Å². The minimum absolute atomic E-state index is 0.0151. The van der Waals surface area contributed by atoms with Gasteiger partial charge in [0, 0.05) is 6.67 Å². The Kier molecular flexibility index (Phi) is 20.9. The number of carboxylic acid groups (broad SMARTS) is 3. The van der Waals surface area contributed by atoms with Crippen molar-refractivity contribution in [3.63, 3.8) is 0 Å². The van der Waals surface area contributed by atoms with Gasteiger partial charge in [0.25, 0.3) is 31.9 Å². The van der Waals surface area contributed by atoms with E-state index in [1.807, 2.05) is 0 Å². The second-order valence-corrected chi connectivity index (χ2v) is 3.71. The van der Waals surface area contributed by atoms with E-state index in [2.05, 4.69) is 42.0 Å². The molecule has 0 aromatic carbocycles. The molecule has 0 aromatic heterocycles. The predicted octanol–water partition coefficient (Wildman–Crippen LogP) is -5.32. The van der Waals surface area contributed by atoms with E-state index in [9.17, 15) is 28.8 Å². The Balaban J connectivity index is -0.000000471. The van der Waals surface area contributed by atoms with Crippen LogP contribution in [-0.2, 0) is 43.0 Å². The van der Waals surface area contributed by atoms with Crippen molar-refractivity contribution in [2.24, 2.45) is 17.2 Å². The van der Waals surface area contributed by atoms with E-state index >= 15 is 0 Å². The summed E-state index contributed by atoms with van der Waals surface area (Å²) in [6, 6.07) is 0. The fourth-order valence-electron chi connectivity index (χ4n) is 0.861. The van der Waals surface area contributed by atoms with E-state index < -0.39 is 36.6 Å². The fourth-order valence-corrected chi connectivity index (χ4v) is 0.861. The molecule has 11 N–H and O–H groups in total. The normalized spacial score (nSPS) is 12.1. The van der Waals surface area contributed by atoms with Gasteiger partial charge >= 0.3 is 17.9 Å². The Morgan fingerprint density at radius 2 is 1.11 bits per heavy atom. The number of aliphatic carboxylic acids is 3. The lowest BCUT2D eigenvalue weighted by molar-refractivity contribution is -0.161. The van der Waals surface area contributed by atoms with Gasteiger partial charge in [-0.2, -0.15) is 0 Å². The Hall–Kier alpha value is -3.38. The molecule has 28 heavy (non-hydrogen) atoms. The average Bonchev–Trinajstić information content (AvgIpc) is 2.61.